The maximum atomic E-state index is 12.0. The molecule has 1 aliphatic rings. The number of hydrogen-bond acceptors (Lipinski definition) is 1. The Morgan fingerprint density at radius 3 is 2.53 bits per heavy atom. The van der Waals surface area contributed by atoms with Gasteiger partial charge in [-0.1, -0.05) is 56.5 Å². The Morgan fingerprint density at radius 2 is 1.89 bits per heavy atom. The van der Waals surface area contributed by atoms with Gasteiger partial charge in [0.25, 0.3) is 0 Å². The summed E-state index contributed by atoms with van der Waals surface area (Å²) in [6.07, 6.45) is 6.58. The highest BCUT2D eigenvalue weighted by Gasteiger charge is 2.36. The number of carbonyl (C=O) groups excluding carboxylic acids is 1. The van der Waals surface area contributed by atoms with Crippen molar-refractivity contribution in [1.82, 2.24) is 10.6 Å². The molecule has 104 valence electrons. The molecule has 2 amide bonds. The van der Waals surface area contributed by atoms with Crippen molar-refractivity contribution in [3.05, 3.63) is 35.9 Å². The summed E-state index contributed by atoms with van der Waals surface area (Å²) >= 11 is 0. The number of amides is 2. The van der Waals surface area contributed by atoms with E-state index < -0.39 is 0 Å². The molecular weight excluding hydrogens is 236 g/mol. The highest BCUT2D eigenvalue weighted by molar-refractivity contribution is 5.75. The molecule has 0 atom stereocenters. The fourth-order valence-corrected chi connectivity index (χ4v) is 2.86. The molecule has 0 radical (unpaired) electrons. The van der Waals surface area contributed by atoms with Gasteiger partial charge in [0.1, 0.15) is 0 Å². The van der Waals surface area contributed by atoms with Gasteiger partial charge in [0, 0.05) is 6.54 Å². The SMILES string of the molecule is CCCCNC(=O)NC1(c2ccccc2)CCCC1. The quantitative estimate of drug-likeness (QED) is 0.781. The number of carbonyl (C=O) groups is 1. The van der Waals surface area contributed by atoms with Crippen LogP contribution in [-0.2, 0) is 5.54 Å². The lowest BCUT2D eigenvalue weighted by molar-refractivity contribution is 0.224. The van der Waals surface area contributed by atoms with E-state index in [1.54, 1.807) is 0 Å². The van der Waals surface area contributed by atoms with Crippen molar-refractivity contribution in [2.45, 2.75) is 51.0 Å². The number of unbranched alkanes of at least 4 members (excludes halogenated alkanes) is 1. The van der Waals surface area contributed by atoms with Gasteiger partial charge in [-0.05, 0) is 24.8 Å². The molecule has 3 nitrogen and oxygen atoms in total. The zero-order valence-corrected chi connectivity index (χ0v) is 11.7. The van der Waals surface area contributed by atoms with Gasteiger partial charge in [0.15, 0.2) is 0 Å². The zero-order valence-electron chi connectivity index (χ0n) is 11.7. The fourth-order valence-electron chi connectivity index (χ4n) is 2.86. The van der Waals surface area contributed by atoms with E-state index in [0.717, 1.165) is 32.2 Å². The van der Waals surface area contributed by atoms with Gasteiger partial charge in [-0.25, -0.2) is 4.79 Å². The predicted octanol–water partition coefficient (Wildman–Crippen LogP) is 3.56. The Labute approximate surface area is 115 Å². The number of rotatable bonds is 5. The van der Waals surface area contributed by atoms with Gasteiger partial charge in [0.2, 0.25) is 0 Å². The minimum Gasteiger partial charge on any atom is -0.338 e. The molecule has 19 heavy (non-hydrogen) atoms. The summed E-state index contributed by atoms with van der Waals surface area (Å²) in [5, 5.41) is 6.17. The average Bonchev–Trinajstić information content (AvgIpc) is 2.90. The predicted molar refractivity (Wildman–Crippen MR) is 78.0 cm³/mol. The summed E-state index contributed by atoms with van der Waals surface area (Å²) in [6.45, 7) is 2.88. The van der Waals surface area contributed by atoms with Crippen LogP contribution in [0.15, 0.2) is 30.3 Å². The molecule has 0 aliphatic heterocycles. The minimum absolute atomic E-state index is 0.0285. The number of nitrogens with one attached hydrogen (secondary N) is 2. The Bertz CT molecular complexity index is 396. The molecule has 3 heteroatoms. The van der Waals surface area contributed by atoms with Crippen LogP contribution in [0.4, 0.5) is 4.79 Å². The van der Waals surface area contributed by atoms with E-state index in [2.05, 4.69) is 29.7 Å². The van der Waals surface area contributed by atoms with Gasteiger partial charge in [-0.15, -0.1) is 0 Å². The van der Waals surface area contributed by atoms with Crippen LogP contribution in [0.2, 0.25) is 0 Å². The Kier molecular flexibility index (Phi) is 4.83. The molecular formula is C16H24N2O. The first-order valence-electron chi connectivity index (χ1n) is 7.38. The largest absolute Gasteiger partial charge is 0.338 e. The molecule has 1 aromatic rings. The maximum Gasteiger partial charge on any atom is 0.315 e. The van der Waals surface area contributed by atoms with Crippen LogP contribution in [0.1, 0.15) is 51.0 Å². The smallest absolute Gasteiger partial charge is 0.315 e. The molecule has 0 heterocycles. The monoisotopic (exact) mass is 260 g/mol. The highest BCUT2D eigenvalue weighted by atomic mass is 16.2. The van der Waals surface area contributed by atoms with Crippen molar-refractivity contribution in [2.75, 3.05) is 6.54 Å². The highest BCUT2D eigenvalue weighted by Crippen LogP contribution is 2.38. The standard InChI is InChI=1S/C16H24N2O/c1-2-3-13-17-15(19)18-16(11-7-8-12-16)14-9-5-4-6-10-14/h4-6,9-10H,2-3,7-8,11-13H2,1H3,(H2,17,18,19). The molecule has 1 saturated carbocycles. The third kappa shape index (κ3) is 3.49. The number of urea groups is 1. The van der Waals surface area contributed by atoms with Crippen molar-refractivity contribution in [2.24, 2.45) is 0 Å². The minimum atomic E-state index is -0.155. The molecule has 0 unspecified atom stereocenters. The van der Waals surface area contributed by atoms with Crippen LogP contribution in [0.5, 0.6) is 0 Å². The van der Waals surface area contributed by atoms with Gasteiger partial charge in [0.05, 0.1) is 5.54 Å². The number of hydrogen-bond donors (Lipinski definition) is 2. The zero-order chi connectivity index (χ0) is 13.6. The van der Waals surface area contributed by atoms with Crippen molar-refractivity contribution < 1.29 is 4.79 Å². The lowest BCUT2D eigenvalue weighted by Crippen LogP contribution is -2.48. The molecule has 2 rings (SSSR count). The molecule has 0 spiro atoms. The van der Waals surface area contributed by atoms with Crippen LogP contribution < -0.4 is 10.6 Å². The summed E-state index contributed by atoms with van der Waals surface area (Å²) in [6, 6.07) is 10.3. The third-order valence-corrected chi connectivity index (χ3v) is 3.95. The summed E-state index contributed by atoms with van der Waals surface area (Å²) in [7, 11) is 0. The van der Waals surface area contributed by atoms with Crippen LogP contribution in [0.25, 0.3) is 0 Å². The molecule has 1 aliphatic carbocycles. The lowest BCUT2D eigenvalue weighted by Gasteiger charge is -2.31. The van der Waals surface area contributed by atoms with Crippen LogP contribution in [-0.4, -0.2) is 12.6 Å². The Hall–Kier alpha value is -1.51. The number of benzene rings is 1. The molecule has 2 N–H and O–H groups in total. The third-order valence-electron chi connectivity index (χ3n) is 3.95. The first-order valence-corrected chi connectivity index (χ1v) is 7.38. The van der Waals surface area contributed by atoms with E-state index in [1.165, 1.54) is 18.4 Å². The van der Waals surface area contributed by atoms with Crippen LogP contribution in [0.3, 0.4) is 0 Å². The molecule has 0 saturated heterocycles. The average molecular weight is 260 g/mol. The van der Waals surface area contributed by atoms with Crippen molar-refractivity contribution in [1.29, 1.82) is 0 Å². The normalized spacial score (nSPS) is 17.1. The van der Waals surface area contributed by atoms with E-state index in [9.17, 15) is 4.79 Å². The summed E-state index contributed by atoms with van der Waals surface area (Å²) in [5.41, 5.74) is 1.08. The second-order valence-electron chi connectivity index (χ2n) is 5.39. The molecule has 1 fully saturated rings. The first-order chi connectivity index (χ1) is 9.27. The van der Waals surface area contributed by atoms with Crippen molar-refractivity contribution >= 4 is 6.03 Å². The second-order valence-corrected chi connectivity index (χ2v) is 5.39. The molecule has 1 aromatic carbocycles. The van der Waals surface area contributed by atoms with E-state index >= 15 is 0 Å². The van der Waals surface area contributed by atoms with Crippen LogP contribution in [0, 0.1) is 0 Å². The van der Waals surface area contributed by atoms with Gasteiger partial charge in [-0.2, -0.15) is 0 Å². The second kappa shape index (κ2) is 6.60. The van der Waals surface area contributed by atoms with Crippen LogP contribution >= 0.6 is 0 Å². The molecule has 0 aromatic heterocycles. The first kappa shape index (κ1) is 13.9. The van der Waals surface area contributed by atoms with Gasteiger partial charge in [-0.3, -0.25) is 0 Å². The Balaban J connectivity index is 2.02. The van der Waals surface area contributed by atoms with Crippen molar-refractivity contribution in [3.63, 3.8) is 0 Å². The molecule has 0 bridgehead atoms. The maximum absolute atomic E-state index is 12.0. The summed E-state index contributed by atoms with van der Waals surface area (Å²) in [4.78, 5) is 12.0. The van der Waals surface area contributed by atoms with Crippen molar-refractivity contribution in [3.8, 4) is 0 Å². The van der Waals surface area contributed by atoms with E-state index in [1.807, 2.05) is 18.2 Å². The van der Waals surface area contributed by atoms with Gasteiger partial charge < -0.3 is 10.6 Å². The van der Waals surface area contributed by atoms with E-state index in [0.29, 0.717) is 0 Å². The summed E-state index contributed by atoms with van der Waals surface area (Å²) < 4.78 is 0. The lowest BCUT2D eigenvalue weighted by atomic mass is 9.88. The summed E-state index contributed by atoms with van der Waals surface area (Å²) in [5.74, 6) is 0. The fraction of sp³-hybridized carbons (Fsp3) is 0.562. The van der Waals surface area contributed by atoms with E-state index in [-0.39, 0.29) is 11.6 Å². The van der Waals surface area contributed by atoms with E-state index in [4.69, 9.17) is 0 Å². The van der Waals surface area contributed by atoms with Gasteiger partial charge >= 0.3 is 6.03 Å². The topological polar surface area (TPSA) is 41.1 Å². The Morgan fingerprint density at radius 1 is 1.21 bits per heavy atom.